The molecule has 3 heteroatoms. The molecular formula is C12H12BrNO. The van der Waals surface area contributed by atoms with Crippen LogP contribution in [0.25, 0.3) is 0 Å². The number of fused-ring (bicyclic) bond motifs is 1. The number of hydrogen-bond donors (Lipinski definition) is 0. The summed E-state index contributed by atoms with van der Waals surface area (Å²) in [5, 5.41) is 0. The summed E-state index contributed by atoms with van der Waals surface area (Å²) < 4.78 is 1.08. The van der Waals surface area contributed by atoms with E-state index >= 15 is 0 Å². The van der Waals surface area contributed by atoms with E-state index in [9.17, 15) is 4.79 Å². The Balaban J connectivity index is 2.36. The molecule has 1 aromatic carbocycles. The molecule has 0 bridgehead atoms. The molecule has 0 saturated carbocycles. The van der Waals surface area contributed by atoms with Gasteiger partial charge < -0.3 is 0 Å². The van der Waals surface area contributed by atoms with Gasteiger partial charge in [-0.15, -0.1) is 0 Å². The number of hydrogen-bond acceptors (Lipinski definition) is 2. The number of rotatable bonds is 1. The lowest BCUT2D eigenvalue weighted by Gasteiger charge is -2.30. The Morgan fingerprint density at radius 3 is 3.00 bits per heavy atom. The first-order chi connectivity index (χ1) is 7.13. The van der Waals surface area contributed by atoms with E-state index in [4.69, 9.17) is 0 Å². The Hall–Kier alpha value is -0.920. The van der Waals surface area contributed by atoms with E-state index in [0.29, 0.717) is 0 Å². The van der Waals surface area contributed by atoms with E-state index in [1.807, 2.05) is 6.92 Å². The number of aryl methyl sites for hydroxylation is 1. The first-order valence-corrected chi connectivity index (χ1v) is 5.79. The van der Waals surface area contributed by atoms with Crippen molar-refractivity contribution < 1.29 is 4.79 Å². The molecule has 0 spiro atoms. The summed E-state index contributed by atoms with van der Waals surface area (Å²) in [6, 6.07) is 6.32. The van der Waals surface area contributed by atoms with Crippen LogP contribution in [0.1, 0.15) is 24.5 Å². The van der Waals surface area contributed by atoms with Crippen molar-refractivity contribution in [3.8, 4) is 0 Å². The van der Waals surface area contributed by atoms with Gasteiger partial charge in [0, 0.05) is 4.47 Å². The summed E-state index contributed by atoms with van der Waals surface area (Å²) in [5.41, 5.74) is 2.41. The van der Waals surface area contributed by atoms with Gasteiger partial charge in [-0.05, 0) is 49.4 Å². The van der Waals surface area contributed by atoms with Crippen molar-refractivity contribution in [3.05, 3.63) is 33.8 Å². The average Bonchev–Trinajstić information content (AvgIpc) is 2.17. The van der Waals surface area contributed by atoms with Crippen LogP contribution < -0.4 is 0 Å². The Kier molecular flexibility index (Phi) is 2.76. The molecule has 0 amide bonds. The van der Waals surface area contributed by atoms with Gasteiger partial charge in [0.1, 0.15) is 0 Å². The monoisotopic (exact) mass is 265 g/mol. The topological polar surface area (TPSA) is 29.4 Å². The zero-order valence-electron chi connectivity index (χ0n) is 8.59. The molecule has 1 aliphatic rings. The predicted molar refractivity (Wildman–Crippen MR) is 62.7 cm³/mol. The molecule has 1 aliphatic carbocycles. The Morgan fingerprint density at radius 1 is 1.47 bits per heavy atom. The minimum atomic E-state index is -0.254. The highest BCUT2D eigenvalue weighted by atomic mass is 79.9. The molecule has 15 heavy (non-hydrogen) atoms. The lowest BCUT2D eigenvalue weighted by molar-refractivity contribution is 0.407. The van der Waals surface area contributed by atoms with Gasteiger partial charge in [-0.1, -0.05) is 22.0 Å². The molecule has 2 nitrogen and oxygen atoms in total. The van der Waals surface area contributed by atoms with Gasteiger partial charge in [0.25, 0.3) is 0 Å². The third-order valence-corrected chi connectivity index (χ3v) is 3.48. The zero-order chi connectivity index (χ0) is 10.9. The molecule has 0 heterocycles. The molecule has 1 unspecified atom stereocenters. The van der Waals surface area contributed by atoms with E-state index in [1.165, 1.54) is 11.1 Å². The number of nitrogens with zero attached hydrogens (tertiary/aromatic N) is 1. The van der Waals surface area contributed by atoms with Crippen molar-refractivity contribution in [2.45, 2.75) is 31.7 Å². The summed E-state index contributed by atoms with van der Waals surface area (Å²) >= 11 is 3.46. The lowest BCUT2D eigenvalue weighted by Crippen LogP contribution is -2.30. The summed E-state index contributed by atoms with van der Waals surface area (Å²) in [7, 11) is 0. The second kappa shape index (κ2) is 3.92. The number of benzene rings is 1. The Labute approximate surface area is 97.5 Å². The highest BCUT2D eigenvalue weighted by molar-refractivity contribution is 9.10. The molecule has 1 aromatic rings. The van der Waals surface area contributed by atoms with Gasteiger partial charge in [0.05, 0.1) is 5.54 Å². The third kappa shape index (κ3) is 2.19. The fourth-order valence-electron chi connectivity index (χ4n) is 2.11. The minimum absolute atomic E-state index is 0.254. The molecule has 0 radical (unpaired) electrons. The summed E-state index contributed by atoms with van der Waals surface area (Å²) in [4.78, 5) is 14.3. The summed E-state index contributed by atoms with van der Waals surface area (Å²) in [6.45, 7) is 2.02. The second-order valence-electron chi connectivity index (χ2n) is 4.29. The maximum atomic E-state index is 10.4. The van der Waals surface area contributed by atoms with Crippen LogP contribution in [0.15, 0.2) is 27.7 Å². The number of halogens is 1. The van der Waals surface area contributed by atoms with Crippen molar-refractivity contribution in [1.82, 2.24) is 0 Å². The first kappa shape index (κ1) is 10.6. The maximum Gasteiger partial charge on any atom is 0.235 e. The number of carbonyl (C=O) groups excluding carboxylic acids is 1. The lowest BCUT2D eigenvalue weighted by atomic mass is 9.80. The van der Waals surface area contributed by atoms with Crippen molar-refractivity contribution in [3.63, 3.8) is 0 Å². The van der Waals surface area contributed by atoms with Crippen LogP contribution >= 0.6 is 15.9 Å². The van der Waals surface area contributed by atoms with Gasteiger partial charge in [-0.3, -0.25) is 0 Å². The van der Waals surface area contributed by atoms with Crippen LogP contribution in [0.4, 0.5) is 0 Å². The first-order valence-electron chi connectivity index (χ1n) is 4.99. The van der Waals surface area contributed by atoms with Crippen LogP contribution in [0, 0.1) is 0 Å². The third-order valence-electron chi connectivity index (χ3n) is 2.99. The van der Waals surface area contributed by atoms with Crippen molar-refractivity contribution in [2.75, 3.05) is 0 Å². The summed E-state index contributed by atoms with van der Waals surface area (Å²) in [5.74, 6) is 0. The van der Waals surface area contributed by atoms with E-state index < -0.39 is 0 Å². The molecule has 2 rings (SSSR count). The molecule has 0 saturated heterocycles. The normalized spacial score (nSPS) is 24.1. The highest BCUT2D eigenvalue weighted by Crippen LogP contribution is 2.32. The number of aliphatic imine (C=N–C) groups is 1. The molecular weight excluding hydrogens is 254 g/mol. The van der Waals surface area contributed by atoms with Crippen molar-refractivity contribution in [2.24, 2.45) is 4.99 Å². The van der Waals surface area contributed by atoms with Crippen LogP contribution in [-0.2, 0) is 17.6 Å². The van der Waals surface area contributed by atoms with Gasteiger partial charge in [-0.2, -0.15) is 4.99 Å². The number of isocyanates is 1. The molecule has 0 aliphatic heterocycles. The highest BCUT2D eigenvalue weighted by Gasteiger charge is 2.29. The zero-order valence-corrected chi connectivity index (χ0v) is 10.2. The average molecular weight is 266 g/mol. The second-order valence-corrected chi connectivity index (χ2v) is 5.21. The largest absolute Gasteiger partial charge is 0.235 e. The van der Waals surface area contributed by atoms with Crippen molar-refractivity contribution >= 4 is 22.0 Å². The van der Waals surface area contributed by atoms with Crippen molar-refractivity contribution in [1.29, 1.82) is 0 Å². The molecule has 0 aromatic heterocycles. The van der Waals surface area contributed by atoms with Crippen LogP contribution in [0.2, 0.25) is 0 Å². The van der Waals surface area contributed by atoms with E-state index in [1.54, 1.807) is 6.08 Å². The minimum Gasteiger partial charge on any atom is -0.211 e. The van der Waals surface area contributed by atoms with Crippen LogP contribution in [-0.4, -0.2) is 11.6 Å². The fraction of sp³-hybridized carbons (Fsp3) is 0.417. The van der Waals surface area contributed by atoms with Crippen LogP contribution in [0.5, 0.6) is 0 Å². The predicted octanol–water partition coefficient (Wildman–Crippen LogP) is 3.03. The quantitative estimate of drug-likeness (QED) is 0.567. The standard InChI is InChI=1S/C12H12BrNO/c1-12(14-8-15)5-4-9-2-3-11(13)6-10(9)7-12/h2-3,6H,4-5,7H2,1H3. The fourth-order valence-corrected chi connectivity index (χ4v) is 2.52. The van der Waals surface area contributed by atoms with Gasteiger partial charge in [-0.25, -0.2) is 4.79 Å². The van der Waals surface area contributed by atoms with Gasteiger partial charge in [0.15, 0.2) is 0 Å². The van der Waals surface area contributed by atoms with Gasteiger partial charge in [0.2, 0.25) is 6.08 Å². The van der Waals surface area contributed by atoms with Gasteiger partial charge >= 0.3 is 0 Å². The smallest absolute Gasteiger partial charge is 0.211 e. The SMILES string of the molecule is CC1(N=C=O)CCc2ccc(Br)cc2C1. The van der Waals surface area contributed by atoms with E-state index in [-0.39, 0.29) is 5.54 Å². The van der Waals surface area contributed by atoms with E-state index in [0.717, 1.165) is 23.7 Å². The molecule has 0 N–H and O–H groups in total. The summed E-state index contributed by atoms with van der Waals surface area (Å²) in [6.07, 6.45) is 4.43. The van der Waals surface area contributed by atoms with E-state index in [2.05, 4.69) is 39.1 Å². The maximum absolute atomic E-state index is 10.4. The Bertz CT molecular complexity index is 437. The molecule has 0 fully saturated rings. The molecule has 78 valence electrons. The Morgan fingerprint density at radius 2 is 2.27 bits per heavy atom. The molecule has 1 atom stereocenters. The van der Waals surface area contributed by atoms with Crippen LogP contribution in [0.3, 0.4) is 0 Å².